The molecule has 0 radical (unpaired) electrons. The Morgan fingerprint density at radius 3 is 2.30 bits per heavy atom. The molecule has 20 heavy (non-hydrogen) atoms. The van der Waals surface area contributed by atoms with Gasteiger partial charge in [-0.3, -0.25) is 4.99 Å². The Bertz CT molecular complexity index is 244. The minimum absolute atomic E-state index is 0. The van der Waals surface area contributed by atoms with Crippen molar-refractivity contribution in [2.24, 2.45) is 4.99 Å². The first kappa shape index (κ1) is 22.2. The lowest BCUT2D eigenvalue weighted by Gasteiger charge is -2.20. The average molecular weight is 398 g/mol. The third-order valence-corrected chi connectivity index (χ3v) is 3.41. The summed E-state index contributed by atoms with van der Waals surface area (Å²) in [7, 11) is 2.18. The van der Waals surface area contributed by atoms with E-state index < -0.39 is 0 Å². The van der Waals surface area contributed by atoms with Crippen molar-refractivity contribution >= 4 is 29.9 Å². The number of unbranched alkanes of at least 4 members (excludes halogenated alkanes) is 1. The molecule has 122 valence electrons. The second-order valence-electron chi connectivity index (χ2n) is 5.50. The minimum atomic E-state index is 0. The van der Waals surface area contributed by atoms with Crippen LogP contribution < -0.4 is 10.6 Å². The van der Waals surface area contributed by atoms with Crippen LogP contribution in [0.25, 0.3) is 0 Å². The van der Waals surface area contributed by atoms with Gasteiger partial charge < -0.3 is 15.5 Å². The van der Waals surface area contributed by atoms with Crippen LogP contribution in [0.1, 0.15) is 53.9 Å². The first-order chi connectivity index (χ1) is 9.01. The van der Waals surface area contributed by atoms with E-state index >= 15 is 0 Å². The minimum Gasteiger partial charge on any atom is -0.357 e. The molecule has 0 saturated carbocycles. The number of rotatable bonds is 9. The van der Waals surface area contributed by atoms with E-state index in [0.29, 0.717) is 12.1 Å². The highest BCUT2D eigenvalue weighted by molar-refractivity contribution is 14.0. The topological polar surface area (TPSA) is 39.7 Å². The largest absolute Gasteiger partial charge is 0.357 e. The first-order valence-corrected chi connectivity index (χ1v) is 7.76. The van der Waals surface area contributed by atoms with Gasteiger partial charge in [0.25, 0.3) is 0 Å². The maximum atomic E-state index is 4.62. The van der Waals surface area contributed by atoms with Crippen LogP contribution in [-0.4, -0.2) is 49.6 Å². The summed E-state index contributed by atoms with van der Waals surface area (Å²) >= 11 is 0. The Labute approximate surface area is 143 Å². The zero-order valence-electron chi connectivity index (χ0n) is 14.2. The van der Waals surface area contributed by atoms with Crippen LogP contribution in [0.5, 0.6) is 0 Å². The van der Waals surface area contributed by atoms with Crippen molar-refractivity contribution in [1.29, 1.82) is 0 Å². The third kappa shape index (κ3) is 11.8. The van der Waals surface area contributed by atoms with Gasteiger partial charge in [-0.2, -0.15) is 0 Å². The molecule has 0 fully saturated rings. The Hall–Kier alpha value is -0.0400. The molecule has 0 heterocycles. The van der Waals surface area contributed by atoms with Gasteiger partial charge in [0.15, 0.2) is 5.96 Å². The van der Waals surface area contributed by atoms with Crippen molar-refractivity contribution in [2.75, 3.05) is 26.7 Å². The van der Waals surface area contributed by atoms with Crippen LogP contribution in [0, 0.1) is 0 Å². The number of hydrogen-bond donors (Lipinski definition) is 2. The number of aliphatic imine (C=N–C) groups is 1. The molecule has 1 unspecified atom stereocenters. The van der Waals surface area contributed by atoms with E-state index in [1.54, 1.807) is 0 Å². The smallest absolute Gasteiger partial charge is 0.191 e. The van der Waals surface area contributed by atoms with Gasteiger partial charge in [-0.05, 0) is 60.5 Å². The van der Waals surface area contributed by atoms with Crippen molar-refractivity contribution < 1.29 is 0 Å². The monoisotopic (exact) mass is 398 g/mol. The molecule has 0 saturated heterocycles. The van der Waals surface area contributed by atoms with Gasteiger partial charge in [-0.15, -0.1) is 24.0 Å². The van der Waals surface area contributed by atoms with Crippen LogP contribution in [0.15, 0.2) is 4.99 Å². The van der Waals surface area contributed by atoms with E-state index in [0.717, 1.165) is 38.4 Å². The van der Waals surface area contributed by atoms with Gasteiger partial charge in [0, 0.05) is 25.2 Å². The molecular formula is C15H35IN4. The van der Waals surface area contributed by atoms with Crippen LogP contribution in [0.2, 0.25) is 0 Å². The highest BCUT2D eigenvalue weighted by Gasteiger charge is 2.03. The summed E-state index contributed by atoms with van der Waals surface area (Å²) < 4.78 is 0. The highest BCUT2D eigenvalue weighted by Crippen LogP contribution is 1.98. The quantitative estimate of drug-likeness (QED) is 0.271. The molecule has 0 spiro atoms. The fourth-order valence-electron chi connectivity index (χ4n) is 1.58. The lowest BCUT2D eigenvalue weighted by Crippen LogP contribution is -2.42. The lowest BCUT2D eigenvalue weighted by atomic mass is 10.2. The first-order valence-electron chi connectivity index (χ1n) is 7.76. The Morgan fingerprint density at radius 1 is 1.15 bits per heavy atom. The van der Waals surface area contributed by atoms with E-state index in [2.05, 4.69) is 62.2 Å². The number of guanidine groups is 1. The normalized spacial score (nSPS) is 13.3. The van der Waals surface area contributed by atoms with E-state index in [-0.39, 0.29) is 24.0 Å². The molecule has 1 atom stereocenters. The van der Waals surface area contributed by atoms with Crippen molar-refractivity contribution in [2.45, 2.75) is 66.0 Å². The van der Waals surface area contributed by atoms with Gasteiger partial charge in [-0.25, -0.2) is 0 Å². The number of hydrogen-bond acceptors (Lipinski definition) is 2. The maximum absolute atomic E-state index is 4.62. The Kier molecular flexibility index (Phi) is 15.5. The van der Waals surface area contributed by atoms with Crippen molar-refractivity contribution in [3.05, 3.63) is 0 Å². The van der Waals surface area contributed by atoms with Gasteiger partial charge in [0.1, 0.15) is 0 Å². The summed E-state index contributed by atoms with van der Waals surface area (Å²) in [5.41, 5.74) is 0. The molecule has 5 heteroatoms. The fourth-order valence-corrected chi connectivity index (χ4v) is 1.58. The second-order valence-corrected chi connectivity index (χ2v) is 5.50. The van der Waals surface area contributed by atoms with E-state index in [9.17, 15) is 0 Å². The number of halogens is 1. The summed E-state index contributed by atoms with van der Waals surface area (Å²) in [5.74, 6) is 0.953. The van der Waals surface area contributed by atoms with Crippen LogP contribution in [-0.2, 0) is 0 Å². The summed E-state index contributed by atoms with van der Waals surface area (Å²) in [5, 5.41) is 6.71. The standard InChI is InChI=1S/C15H34N4.HI/c1-7-14(5)18-15(16-8-2)17-11-9-10-12-19(6)13(3)4;/h13-14H,7-12H2,1-6H3,(H2,16,17,18);1H. The van der Waals surface area contributed by atoms with Gasteiger partial charge in [0.05, 0.1) is 0 Å². The zero-order chi connectivity index (χ0) is 14.7. The summed E-state index contributed by atoms with van der Waals surface area (Å²) in [6, 6.07) is 1.11. The lowest BCUT2D eigenvalue weighted by molar-refractivity contribution is 0.269. The molecule has 0 aromatic heterocycles. The zero-order valence-corrected chi connectivity index (χ0v) is 16.5. The predicted octanol–water partition coefficient (Wildman–Crippen LogP) is 3.08. The molecule has 2 N–H and O–H groups in total. The van der Waals surface area contributed by atoms with Gasteiger partial charge >= 0.3 is 0 Å². The average Bonchev–Trinajstić information content (AvgIpc) is 2.37. The third-order valence-electron chi connectivity index (χ3n) is 3.41. The van der Waals surface area contributed by atoms with Crippen molar-refractivity contribution in [3.8, 4) is 0 Å². The van der Waals surface area contributed by atoms with E-state index in [1.165, 1.54) is 6.42 Å². The molecule has 0 rings (SSSR count). The molecule has 0 aliphatic rings. The van der Waals surface area contributed by atoms with Crippen molar-refractivity contribution in [1.82, 2.24) is 15.5 Å². The number of nitrogens with one attached hydrogen (secondary N) is 2. The van der Waals surface area contributed by atoms with Gasteiger partial charge in [0.2, 0.25) is 0 Å². The Morgan fingerprint density at radius 2 is 1.80 bits per heavy atom. The molecular weight excluding hydrogens is 363 g/mol. The molecule has 4 nitrogen and oxygen atoms in total. The fraction of sp³-hybridized carbons (Fsp3) is 0.933. The van der Waals surface area contributed by atoms with Gasteiger partial charge in [-0.1, -0.05) is 6.92 Å². The highest BCUT2D eigenvalue weighted by atomic mass is 127. The summed E-state index contributed by atoms with van der Waals surface area (Å²) in [4.78, 5) is 7.00. The van der Waals surface area contributed by atoms with E-state index in [4.69, 9.17) is 0 Å². The molecule has 0 aromatic rings. The predicted molar refractivity (Wildman–Crippen MR) is 101 cm³/mol. The summed E-state index contributed by atoms with van der Waals surface area (Å²) in [6.07, 6.45) is 3.47. The van der Waals surface area contributed by atoms with Crippen molar-refractivity contribution in [3.63, 3.8) is 0 Å². The molecule has 0 aliphatic heterocycles. The molecule has 0 bridgehead atoms. The number of nitrogens with zero attached hydrogens (tertiary/aromatic N) is 2. The van der Waals surface area contributed by atoms with Crippen LogP contribution >= 0.6 is 24.0 Å². The maximum Gasteiger partial charge on any atom is 0.191 e. The molecule has 0 aromatic carbocycles. The van der Waals surface area contributed by atoms with Crippen LogP contribution in [0.4, 0.5) is 0 Å². The SMILES string of the molecule is CCNC(=NCCCCN(C)C(C)C)NC(C)CC.I. The molecule has 0 aliphatic carbocycles. The molecule has 0 amide bonds. The second kappa shape index (κ2) is 13.9. The van der Waals surface area contributed by atoms with Crippen LogP contribution in [0.3, 0.4) is 0 Å². The van der Waals surface area contributed by atoms with E-state index in [1.807, 2.05) is 0 Å². The Balaban J connectivity index is 0. The summed E-state index contributed by atoms with van der Waals surface area (Å²) in [6.45, 7) is 13.9.